The third kappa shape index (κ3) is 3.79. The highest BCUT2D eigenvalue weighted by Gasteiger charge is 2.05. The van der Waals surface area contributed by atoms with Crippen molar-refractivity contribution in [3.63, 3.8) is 0 Å². The first-order valence-electron chi connectivity index (χ1n) is 6.30. The van der Waals surface area contributed by atoms with Gasteiger partial charge in [0.25, 0.3) is 0 Å². The van der Waals surface area contributed by atoms with Crippen LogP contribution in [0.3, 0.4) is 0 Å². The fraction of sp³-hybridized carbons (Fsp3) is 0.357. The van der Waals surface area contributed by atoms with E-state index in [2.05, 4.69) is 15.2 Å². The minimum absolute atomic E-state index is 0.214. The number of nitrogens with zero attached hydrogens (tertiary/aromatic N) is 3. The molecule has 4 nitrogen and oxygen atoms in total. The molecule has 5 heteroatoms. The first kappa shape index (κ1) is 13.5. The number of likely N-dealkylation sites (N-methyl/N-ethyl adjacent to an activating group) is 1. The van der Waals surface area contributed by atoms with E-state index in [4.69, 9.17) is 0 Å². The summed E-state index contributed by atoms with van der Waals surface area (Å²) >= 11 is 0. The third-order valence-electron chi connectivity index (χ3n) is 3.02. The number of para-hydroxylation sites is 1. The van der Waals surface area contributed by atoms with Crippen LogP contribution in [-0.2, 0) is 13.6 Å². The van der Waals surface area contributed by atoms with Crippen LogP contribution in [0, 0.1) is 5.82 Å². The van der Waals surface area contributed by atoms with E-state index in [1.165, 1.54) is 6.07 Å². The van der Waals surface area contributed by atoms with Gasteiger partial charge in [0.2, 0.25) is 0 Å². The van der Waals surface area contributed by atoms with E-state index in [9.17, 15) is 4.39 Å². The summed E-state index contributed by atoms with van der Waals surface area (Å²) in [7, 11) is 4.01. The number of aryl methyl sites for hydroxylation is 1. The van der Waals surface area contributed by atoms with Crippen molar-refractivity contribution in [1.29, 1.82) is 0 Å². The largest absolute Gasteiger partial charge is 0.381 e. The van der Waals surface area contributed by atoms with Gasteiger partial charge in [-0.25, -0.2) is 9.37 Å². The van der Waals surface area contributed by atoms with Crippen LogP contribution in [-0.4, -0.2) is 34.6 Å². The van der Waals surface area contributed by atoms with Crippen molar-refractivity contribution >= 4 is 5.69 Å². The number of anilines is 1. The van der Waals surface area contributed by atoms with Gasteiger partial charge in [0.15, 0.2) is 0 Å². The number of imidazole rings is 1. The maximum Gasteiger partial charge on any atom is 0.146 e. The van der Waals surface area contributed by atoms with Gasteiger partial charge in [-0.3, -0.25) is 4.90 Å². The molecular weight excluding hydrogens is 243 g/mol. The van der Waals surface area contributed by atoms with Gasteiger partial charge in [-0.1, -0.05) is 12.1 Å². The second-order valence-electron chi connectivity index (χ2n) is 4.60. The number of halogens is 1. The highest BCUT2D eigenvalue weighted by molar-refractivity contribution is 5.44. The number of hydrogen-bond donors (Lipinski definition) is 1. The normalized spacial score (nSPS) is 10.9. The lowest BCUT2D eigenvalue weighted by atomic mass is 10.3. The van der Waals surface area contributed by atoms with Crippen molar-refractivity contribution in [2.75, 3.05) is 25.5 Å². The van der Waals surface area contributed by atoms with Gasteiger partial charge in [-0.05, 0) is 19.2 Å². The Hall–Kier alpha value is -1.88. The summed E-state index contributed by atoms with van der Waals surface area (Å²) in [5.41, 5.74) is 0.549. The molecule has 0 amide bonds. The molecule has 1 N–H and O–H groups in total. The lowest BCUT2D eigenvalue weighted by Crippen LogP contribution is -2.26. The molecule has 2 rings (SSSR count). The zero-order valence-electron chi connectivity index (χ0n) is 11.3. The Bertz CT molecular complexity index is 524. The van der Waals surface area contributed by atoms with Crippen molar-refractivity contribution in [2.45, 2.75) is 6.54 Å². The van der Waals surface area contributed by atoms with E-state index < -0.39 is 0 Å². The van der Waals surface area contributed by atoms with Gasteiger partial charge >= 0.3 is 0 Å². The number of aromatic nitrogens is 2. The van der Waals surface area contributed by atoms with Crippen LogP contribution in [0.5, 0.6) is 0 Å². The average Bonchev–Trinajstić information content (AvgIpc) is 2.77. The molecule has 0 radical (unpaired) electrons. The first-order valence-corrected chi connectivity index (χ1v) is 6.30. The zero-order chi connectivity index (χ0) is 13.7. The van der Waals surface area contributed by atoms with Crippen LogP contribution in [0.2, 0.25) is 0 Å². The Balaban J connectivity index is 1.77. The van der Waals surface area contributed by atoms with Gasteiger partial charge in [0.1, 0.15) is 11.6 Å². The standard InChI is InChI=1S/C14H19FN4/c1-18(11-14-17-8-10-19(14)2)9-7-16-13-6-4-3-5-12(13)15/h3-6,8,10,16H,7,9,11H2,1-2H3. The fourth-order valence-electron chi connectivity index (χ4n) is 1.86. The fourth-order valence-corrected chi connectivity index (χ4v) is 1.86. The summed E-state index contributed by atoms with van der Waals surface area (Å²) in [5.74, 6) is 0.808. The van der Waals surface area contributed by atoms with Crippen LogP contribution >= 0.6 is 0 Å². The summed E-state index contributed by atoms with van der Waals surface area (Å²) in [5, 5.41) is 3.09. The number of rotatable bonds is 6. The molecule has 0 spiro atoms. The smallest absolute Gasteiger partial charge is 0.146 e. The second-order valence-corrected chi connectivity index (χ2v) is 4.60. The summed E-state index contributed by atoms with van der Waals surface area (Å²) in [6.07, 6.45) is 3.72. The molecule has 0 bridgehead atoms. The molecule has 19 heavy (non-hydrogen) atoms. The van der Waals surface area contributed by atoms with E-state index in [0.717, 1.165) is 18.9 Å². The molecule has 0 saturated carbocycles. The van der Waals surface area contributed by atoms with Gasteiger partial charge in [-0.2, -0.15) is 0 Å². The molecule has 102 valence electrons. The molecule has 0 aliphatic carbocycles. The lowest BCUT2D eigenvalue weighted by molar-refractivity contribution is 0.327. The van der Waals surface area contributed by atoms with E-state index in [0.29, 0.717) is 12.2 Å². The Morgan fingerprint density at radius 2 is 2.16 bits per heavy atom. The lowest BCUT2D eigenvalue weighted by Gasteiger charge is -2.17. The number of benzene rings is 1. The average molecular weight is 262 g/mol. The minimum atomic E-state index is -0.214. The Morgan fingerprint density at radius 1 is 1.37 bits per heavy atom. The van der Waals surface area contributed by atoms with Crippen LogP contribution in [0.4, 0.5) is 10.1 Å². The van der Waals surface area contributed by atoms with Crippen molar-refractivity contribution in [1.82, 2.24) is 14.5 Å². The molecule has 1 aromatic carbocycles. The number of nitrogens with one attached hydrogen (secondary N) is 1. The Kier molecular flexibility index (Phi) is 4.52. The third-order valence-corrected chi connectivity index (χ3v) is 3.02. The van der Waals surface area contributed by atoms with Crippen LogP contribution in [0.25, 0.3) is 0 Å². The molecule has 0 atom stereocenters. The summed E-state index contributed by atoms with van der Waals surface area (Å²) < 4.78 is 15.4. The predicted molar refractivity (Wildman–Crippen MR) is 74.4 cm³/mol. The predicted octanol–water partition coefficient (Wildman–Crippen LogP) is 2.10. The molecule has 1 aromatic heterocycles. The topological polar surface area (TPSA) is 33.1 Å². The monoisotopic (exact) mass is 262 g/mol. The molecule has 0 saturated heterocycles. The zero-order valence-corrected chi connectivity index (χ0v) is 11.3. The maximum atomic E-state index is 13.4. The van der Waals surface area contributed by atoms with Gasteiger partial charge in [-0.15, -0.1) is 0 Å². The first-order chi connectivity index (χ1) is 9.16. The number of hydrogen-bond acceptors (Lipinski definition) is 3. The van der Waals surface area contributed by atoms with Gasteiger partial charge in [0, 0.05) is 32.5 Å². The molecule has 1 heterocycles. The molecular formula is C14H19FN4. The molecule has 2 aromatic rings. The Labute approximate surface area is 112 Å². The Morgan fingerprint density at radius 3 is 2.84 bits per heavy atom. The van der Waals surface area contributed by atoms with Crippen molar-refractivity contribution < 1.29 is 4.39 Å². The minimum Gasteiger partial charge on any atom is -0.381 e. The van der Waals surface area contributed by atoms with E-state index in [-0.39, 0.29) is 5.82 Å². The van der Waals surface area contributed by atoms with Crippen LogP contribution in [0.1, 0.15) is 5.82 Å². The van der Waals surface area contributed by atoms with Crippen molar-refractivity contribution in [3.05, 3.63) is 48.3 Å². The van der Waals surface area contributed by atoms with E-state index in [1.807, 2.05) is 30.9 Å². The molecule has 0 aliphatic rings. The maximum absolute atomic E-state index is 13.4. The van der Waals surface area contributed by atoms with E-state index >= 15 is 0 Å². The molecule has 0 fully saturated rings. The summed E-state index contributed by atoms with van der Waals surface area (Å²) in [4.78, 5) is 6.43. The van der Waals surface area contributed by atoms with Crippen LogP contribution < -0.4 is 5.32 Å². The van der Waals surface area contributed by atoms with Crippen LogP contribution in [0.15, 0.2) is 36.7 Å². The summed E-state index contributed by atoms with van der Waals surface area (Å²) in [6.45, 7) is 2.30. The van der Waals surface area contributed by atoms with Gasteiger partial charge in [0.05, 0.1) is 12.2 Å². The van der Waals surface area contributed by atoms with Crippen molar-refractivity contribution in [2.24, 2.45) is 7.05 Å². The quantitative estimate of drug-likeness (QED) is 0.865. The van der Waals surface area contributed by atoms with E-state index in [1.54, 1.807) is 18.3 Å². The van der Waals surface area contributed by atoms with Crippen molar-refractivity contribution in [3.8, 4) is 0 Å². The summed E-state index contributed by atoms with van der Waals surface area (Å²) in [6, 6.07) is 6.71. The van der Waals surface area contributed by atoms with Gasteiger partial charge < -0.3 is 9.88 Å². The molecule has 0 aliphatic heterocycles. The molecule has 0 unspecified atom stereocenters. The SMILES string of the molecule is CN(CCNc1ccccc1F)Cc1nccn1C. The highest BCUT2D eigenvalue weighted by atomic mass is 19.1. The second kappa shape index (κ2) is 6.33. The highest BCUT2D eigenvalue weighted by Crippen LogP contribution is 2.11.